The third-order valence-electron chi connectivity index (χ3n) is 5.31. The van der Waals surface area contributed by atoms with Gasteiger partial charge >= 0.3 is 0 Å². The van der Waals surface area contributed by atoms with Crippen LogP contribution in [0, 0.1) is 11.8 Å². The van der Waals surface area contributed by atoms with Crippen LogP contribution in [0.2, 0.25) is 0 Å². The second-order valence-corrected chi connectivity index (χ2v) is 9.94. The number of carbonyl (C=O) groups is 1. The normalized spacial score (nSPS) is 22.5. The van der Waals surface area contributed by atoms with Gasteiger partial charge in [-0.3, -0.25) is 4.79 Å². The van der Waals surface area contributed by atoms with Crippen LogP contribution in [-0.4, -0.2) is 38.0 Å². The molecule has 134 valence electrons. The Hall–Kier alpha value is -0.920. The van der Waals surface area contributed by atoms with Gasteiger partial charge in [-0.05, 0) is 43.0 Å². The molecule has 2 heterocycles. The maximum absolute atomic E-state index is 12.7. The highest BCUT2D eigenvalue weighted by atomic mass is 32.2. The van der Waals surface area contributed by atoms with Gasteiger partial charge in [0.15, 0.2) is 0 Å². The fourth-order valence-electron chi connectivity index (χ4n) is 3.90. The van der Waals surface area contributed by atoms with Crippen molar-refractivity contribution in [2.24, 2.45) is 11.8 Å². The summed E-state index contributed by atoms with van der Waals surface area (Å²) in [5.74, 6) is 0.545. The zero-order chi connectivity index (χ0) is 17.2. The van der Waals surface area contributed by atoms with Crippen molar-refractivity contribution in [1.29, 1.82) is 0 Å². The second-order valence-electron chi connectivity index (χ2n) is 6.98. The minimum Gasteiger partial charge on any atom is -0.348 e. The molecule has 1 aromatic rings. The second kappa shape index (κ2) is 7.54. The van der Waals surface area contributed by atoms with E-state index in [0.717, 1.165) is 0 Å². The maximum atomic E-state index is 12.7. The number of thiophene rings is 1. The van der Waals surface area contributed by atoms with E-state index in [2.05, 4.69) is 16.8 Å². The number of piperidine rings is 1. The SMILES string of the molecule is CS(=O)(=O)N1CCC(C(=O)NC(c2cccs2)C2CCCC2)CC1. The molecule has 1 aliphatic carbocycles. The number of nitrogens with zero attached hydrogens (tertiary/aromatic N) is 1. The van der Waals surface area contributed by atoms with Crippen molar-refractivity contribution in [2.75, 3.05) is 19.3 Å². The van der Waals surface area contributed by atoms with E-state index in [9.17, 15) is 13.2 Å². The lowest BCUT2D eigenvalue weighted by molar-refractivity contribution is -0.127. The van der Waals surface area contributed by atoms with Crippen molar-refractivity contribution in [3.05, 3.63) is 22.4 Å². The van der Waals surface area contributed by atoms with Crippen LogP contribution < -0.4 is 5.32 Å². The molecule has 1 saturated heterocycles. The Morgan fingerprint density at radius 3 is 2.46 bits per heavy atom. The molecule has 1 aromatic heterocycles. The lowest BCUT2D eigenvalue weighted by atomic mass is 9.93. The molecule has 1 unspecified atom stereocenters. The van der Waals surface area contributed by atoms with Gasteiger partial charge in [-0.25, -0.2) is 12.7 Å². The van der Waals surface area contributed by atoms with Crippen molar-refractivity contribution >= 4 is 27.3 Å². The highest BCUT2D eigenvalue weighted by molar-refractivity contribution is 7.88. The quantitative estimate of drug-likeness (QED) is 0.867. The first-order valence-electron chi connectivity index (χ1n) is 8.74. The molecule has 1 atom stereocenters. The number of hydrogen-bond donors (Lipinski definition) is 1. The molecule has 24 heavy (non-hydrogen) atoms. The molecule has 1 N–H and O–H groups in total. The predicted octanol–water partition coefficient (Wildman–Crippen LogP) is 2.77. The smallest absolute Gasteiger partial charge is 0.223 e. The van der Waals surface area contributed by atoms with Crippen LogP contribution in [0.4, 0.5) is 0 Å². The van der Waals surface area contributed by atoms with Crippen LogP contribution >= 0.6 is 11.3 Å². The van der Waals surface area contributed by atoms with E-state index < -0.39 is 10.0 Å². The third-order valence-corrected chi connectivity index (χ3v) is 7.57. The Morgan fingerprint density at radius 2 is 1.92 bits per heavy atom. The average Bonchev–Trinajstić information content (AvgIpc) is 3.25. The van der Waals surface area contributed by atoms with Gasteiger partial charge < -0.3 is 5.32 Å². The van der Waals surface area contributed by atoms with Crippen molar-refractivity contribution < 1.29 is 13.2 Å². The Morgan fingerprint density at radius 1 is 1.25 bits per heavy atom. The fraction of sp³-hybridized carbons (Fsp3) is 0.706. The predicted molar refractivity (Wildman–Crippen MR) is 96.3 cm³/mol. The molecule has 1 saturated carbocycles. The number of amides is 1. The Kier molecular flexibility index (Phi) is 5.62. The minimum atomic E-state index is -3.14. The van der Waals surface area contributed by atoms with E-state index in [1.807, 2.05) is 6.07 Å². The van der Waals surface area contributed by atoms with E-state index >= 15 is 0 Å². The van der Waals surface area contributed by atoms with Gasteiger partial charge in [0.1, 0.15) is 0 Å². The van der Waals surface area contributed by atoms with Crippen molar-refractivity contribution in [3.63, 3.8) is 0 Å². The molecule has 0 radical (unpaired) electrons. The lowest BCUT2D eigenvalue weighted by Crippen LogP contribution is -2.44. The van der Waals surface area contributed by atoms with Gasteiger partial charge in [0.2, 0.25) is 15.9 Å². The summed E-state index contributed by atoms with van der Waals surface area (Å²) in [4.78, 5) is 14.0. The monoisotopic (exact) mass is 370 g/mol. The van der Waals surface area contributed by atoms with Crippen LogP contribution in [0.3, 0.4) is 0 Å². The maximum Gasteiger partial charge on any atom is 0.223 e. The van der Waals surface area contributed by atoms with Gasteiger partial charge in [0.25, 0.3) is 0 Å². The highest BCUT2D eigenvalue weighted by Crippen LogP contribution is 2.37. The molecular weight excluding hydrogens is 344 g/mol. The fourth-order valence-corrected chi connectivity index (χ4v) is 5.64. The van der Waals surface area contributed by atoms with Crippen LogP contribution in [0.15, 0.2) is 17.5 Å². The lowest BCUT2D eigenvalue weighted by Gasteiger charge is -2.31. The zero-order valence-electron chi connectivity index (χ0n) is 14.1. The van der Waals surface area contributed by atoms with Crippen molar-refractivity contribution in [2.45, 2.75) is 44.6 Å². The van der Waals surface area contributed by atoms with E-state index in [0.29, 0.717) is 31.8 Å². The molecule has 2 aliphatic rings. The number of nitrogens with one attached hydrogen (secondary N) is 1. The summed E-state index contributed by atoms with van der Waals surface area (Å²) in [6.45, 7) is 0.897. The highest BCUT2D eigenvalue weighted by Gasteiger charge is 2.33. The number of sulfonamides is 1. The summed E-state index contributed by atoms with van der Waals surface area (Å²) in [6, 6.07) is 4.27. The number of carbonyl (C=O) groups excluding carboxylic acids is 1. The van der Waals surface area contributed by atoms with Gasteiger partial charge in [-0.1, -0.05) is 18.9 Å². The average molecular weight is 371 g/mol. The summed E-state index contributed by atoms with van der Waals surface area (Å²) < 4.78 is 24.7. The first-order valence-corrected chi connectivity index (χ1v) is 11.5. The summed E-state index contributed by atoms with van der Waals surface area (Å²) in [7, 11) is -3.14. The number of rotatable bonds is 5. The Balaban J connectivity index is 1.62. The van der Waals surface area contributed by atoms with Gasteiger partial charge in [0.05, 0.1) is 12.3 Å². The molecule has 3 rings (SSSR count). The first-order chi connectivity index (χ1) is 11.4. The standard InChI is InChI=1S/C17H26N2O3S2/c1-24(21,22)19-10-8-14(9-11-19)17(20)18-16(13-5-2-3-6-13)15-7-4-12-23-15/h4,7,12-14,16H,2-3,5-6,8-11H2,1H3,(H,18,20). The van der Waals surface area contributed by atoms with E-state index in [1.54, 1.807) is 11.3 Å². The third kappa shape index (κ3) is 4.18. The topological polar surface area (TPSA) is 66.5 Å². The largest absolute Gasteiger partial charge is 0.348 e. The molecule has 0 bridgehead atoms. The number of hydrogen-bond acceptors (Lipinski definition) is 4. The van der Waals surface area contributed by atoms with E-state index in [-0.39, 0.29) is 17.9 Å². The van der Waals surface area contributed by atoms with Gasteiger partial charge in [-0.2, -0.15) is 0 Å². The molecule has 0 aromatic carbocycles. The van der Waals surface area contributed by atoms with Crippen LogP contribution in [0.1, 0.15) is 49.4 Å². The summed E-state index contributed by atoms with van der Waals surface area (Å²) in [5.41, 5.74) is 0. The van der Waals surface area contributed by atoms with E-state index in [1.165, 1.54) is 41.1 Å². The van der Waals surface area contributed by atoms with E-state index in [4.69, 9.17) is 0 Å². The Bertz CT molecular complexity index is 643. The Labute approximate surface area is 148 Å². The van der Waals surface area contributed by atoms with Gasteiger partial charge in [0, 0.05) is 23.9 Å². The summed E-state index contributed by atoms with van der Waals surface area (Å²) in [6.07, 6.45) is 7.30. The molecule has 0 spiro atoms. The van der Waals surface area contributed by atoms with Gasteiger partial charge in [-0.15, -0.1) is 11.3 Å². The van der Waals surface area contributed by atoms with Crippen LogP contribution in [-0.2, 0) is 14.8 Å². The molecular formula is C17H26N2O3S2. The molecule has 1 amide bonds. The zero-order valence-corrected chi connectivity index (χ0v) is 15.7. The van der Waals surface area contributed by atoms with Crippen LogP contribution in [0.5, 0.6) is 0 Å². The molecule has 7 heteroatoms. The summed E-state index contributed by atoms with van der Waals surface area (Å²) >= 11 is 1.71. The minimum absolute atomic E-state index is 0.0770. The molecule has 2 fully saturated rings. The summed E-state index contributed by atoms with van der Waals surface area (Å²) in [5, 5.41) is 5.35. The first kappa shape index (κ1) is 17.9. The molecule has 5 nitrogen and oxygen atoms in total. The van der Waals surface area contributed by atoms with Crippen molar-refractivity contribution in [1.82, 2.24) is 9.62 Å². The van der Waals surface area contributed by atoms with Crippen LogP contribution in [0.25, 0.3) is 0 Å². The van der Waals surface area contributed by atoms with Crippen molar-refractivity contribution in [3.8, 4) is 0 Å². The molecule has 1 aliphatic heterocycles.